The third kappa shape index (κ3) is 3.05. The van der Waals surface area contributed by atoms with Crippen LogP contribution in [0.3, 0.4) is 0 Å². The highest BCUT2D eigenvalue weighted by molar-refractivity contribution is 5.49. The molecule has 4 heteroatoms. The molecule has 2 fully saturated rings. The molecule has 1 saturated heterocycles. The van der Waals surface area contributed by atoms with Gasteiger partial charge >= 0.3 is 0 Å². The fourth-order valence-corrected chi connectivity index (χ4v) is 3.59. The maximum Gasteiger partial charge on any atom is 0.134 e. The average Bonchev–Trinajstić information content (AvgIpc) is 3.00. The zero-order valence-electron chi connectivity index (χ0n) is 12.5. The Morgan fingerprint density at radius 1 is 1.15 bits per heavy atom. The van der Waals surface area contributed by atoms with Gasteiger partial charge in [-0.05, 0) is 38.5 Å². The first kappa shape index (κ1) is 13.7. The van der Waals surface area contributed by atoms with E-state index < -0.39 is 0 Å². The Labute approximate surface area is 122 Å². The van der Waals surface area contributed by atoms with Gasteiger partial charge in [0.15, 0.2) is 0 Å². The molecule has 1 aromatic heterocycles. The minimum atomic E-state index is 0.612. The molecule has 3 rings (SSSR count). The molecule has 110 valence electrons. The Morgan fingerprint density at radius 2 is 1.95 bits per heavy atom. The van der Waals surface area contributed by atoms with E-state index in [9.17, 15) is 0 Å². The molecule has 2 heterocycles. The number of rotatable bonds is 4. The van der Waals surface area contributed by atoms with Crippen LogP contribution in [0.1, 0.15) is 58.3 Å². The third-order valence-electron chi connectivity index (χ3n) is 4.75. The van der Waals surface area contributed by atoms with Gasteiger partial charge in [0, 0.05) is 24.7 Å². The minimum Gasteiger partial charge on any atom is -0.367 e. The van der Waals surface area contributed by atoms with Crippen molar-refractivity contribution in [1.82, 2.24) is 9.97 Å². The number of piperidine rings is 1. The van der Waals surface area contributed by atoms with Crippen LogP contribution in [0.4, 0.5) is 11.6 Å². The van der Waals surface area contributed by atoms with Crippen molar-refractivity contribution in [3.8, 4) is 0 Å². The van der Waals surface area contributed by atoms with E-state index in [2.05, 4.69) is 33.2 Å². The van der Waals surface area contributed by atoms with Gasteiger partial charge in [0.05, 0.1) is 0 Å². The summed E-state index contributed by atoms with van der Waals surface area (Å²) in [6.45, 7) is 3.42. The molecule has 0 amide bonds. The van der Waals surface area contributed by atoms with E-state index in [0.717, 1.165) is 18.2 Å². The van der Waals surface area contributed by atoms with E-state index in [1.807, 2.05) is 0 Å². The van der Waals surface area contributed by atoms with Crippen molar-refractivity contribution >= 4 is 11.6 Å². The summed E-state index contributed by atoms with van der Waals surface area (Å²) in [5, 5.41) is 3.58. The Morgan fingerprint density at radius 3 is 2.75 bits per heavy atom. The predicted octanol–water partition coefficient (Wildman–Crippen LogP) is 3.60. The molecule has 4 nitrogen and oxygen atoms in total. The number of anilines is 2. The Bertz CT molecular complexity index is 428. The van der Waals surface area contributed by atoms with Crippen molar-refractivity contribution in [3.05, 3.63) is 12.4 Å². The van der Waals surface area contributed by atoms with Gasteiger partial charge in [0.2, 0.25) is 0 Å². The Balaban J connectivity index is 1.72. The largest absolute Gasteiger partial charge is 0.367 e. The Kier molecular flexibility index (Phi) is 4.38. The van der Waals surface area contributed by atoms with Crippen molar-refractivity contribution < 1.29 is 0 Å². The lowest BCUT2D eigenvalue weighted by Gasteiger charge is -2.36. The molecule has 1 atom stereocenters. The first-order valence-corrected chi connectivity index (χ1v) is 8.22. The van der Waals surface area contributed by atoms with Gasteiger partial charge in [-0.1, -0.05) is 19.8 Å². The van der Waals surface area contributed by atoms with Crippen LogP contribution in [0.5, 0.6) is 0 Å². The van der Waals surface area contributed by atoms with Crippen LogP contribution in [-0.4, -0.2) is 28.6 Å². The van der Waals surface area contributed by atoms with Crippen molar-refractivity contribution in [2.75, 3.05) is 16.8 Å². The second-order valence-electron chi connectivity index (χ2n) is 6.14. The average molecular weight is 274 g/mol. The summed E-state index contributed by atoms with van der Waals surface area (Å²) in [4.78, 5) is 11.4. The second-order valence-corrected chi connectivity index (χ2v) is 6.14. The summed E-state index contributed by atoms with van der Waals surface area (Å²) >= 11 is 0. The predicted molar refractivity (Wildman–Crippen MR) is 83.2 cm³/mol. The lowest BCUT2D eigenvalue weighted by atomic mass is 10.0. The van der Waals surface area contributed by atoms with E-state index in [1.54, 1.807) is 6.33 Å². The number of nitrogens with zero attached hydrogens (tertiary/aromatic N) is 3. The van der Waals surface area contributed by atoms with Crippen LogP contribution in [0.25, 0.3) is 0 Å². The van der Waals surface area contributed by atoms with Crippen molar-refractivity contribution in [1.29, 1.82) is 0 Å². The van der Waals surface area contributed by atoms with Crippen molar-refractivity contribution in [2.24, 2.45) is 0 Å². The van der Waals surface area contributed by atoms with Gasteiger partial charge in [-0.2, -0.15) is 0 Å². The highest BCUT2D eigenvalue weighted by Gasteiger charge is 2.22. The van der Waals surface area contributed by atoms with E-state index in [0.29, 0.717) is 12.1 Å². The molecule has 1 aromatic rings. The zero-order chi connectivity index (χ0) is 13.8. The number of aromatic nitrogens is 2. The smallest absolute Gasteiger partial charge is 0.134 e. The second kappa shape index (κ2) is 6.42. The molecular weight excluding hydrogens is 248 g/mol. The SMILES string of the molecule is CCC1CCCCN1c1cc(NC2CCCC2)ncn1. The van der Waals surface area contributed by atoms with Gasteiger partial charge < -0.3 is 10.2 Å². The summed E-state index contributed by atoms with van der Waals surface area (Å²) in [6.07, 6.45) is 12.1. The summed E-state index contributed by atoms with van der Waals surface area (Å²) in [6, 6.07) is 3.41. The highest BCUT2D eigenvalue weighted by Crippen LogP contribution is 2.27. The molecule has 0 spiro atoms. The number of nitrogens with one attached hydrogen (secondary N) is 1. The Hall–Kier alpha value is -1.32. The normalized spacial score (nSPS) is 24.1. The summed E-state index contributed by atoms with van der Waals surface area (Å²) in [5.74, 6) is 2.11. The fraction of sp³-hybridized carbons (Fsp3) is 0.750. The molecule has 1 unspecified atom stereocenters. The summed E-state index contributed by atoms with van der Waals surface area (Å²) in [5.41, 5.74) is 0. The maximum absolute atomic E-state index is 4.51. The first-order chi connectivity index (χ1) is 9.86. The molecule has 1 aliphatic heterocycles. The monoisotopic (exact) mass is 274 g/mol. The molecule has 0 aromatic carbocycles. The highest BCUT2D eigenvalue weighted by atomic mass is 15.2. The molecule has 1 saturated carbocycles. The topological polar surface area (TPSA) is 41.0 Å². The van der Waals surface area contributed by atoms with E-state index in [-0.39, 0.29) is 0 Å². The number of hydrogen-bond donors (Lipinski definition) is 1. The van der Waals surface area contributed by atoms with Gasteiger partial charge in [-0.3, -0.25) is 0 Å². The first-order valence-electron chi connectivity index (χ1n) is 8.22. The lowest BCUT2D eigenvalue weighted by Crippen LogP contribution is -2.39. The summed E-state index contributed by atoms with van der Waals surface area (Å²) < 4.78 is 0. The molecule has 1 N–H and O–H groups in total. The third-order valence-corrected chi connectivity index (χ3v) is 4.75. The standard InChI is InChI=1S/C16H26N4/c1-2-14-9-5-6-10-20(14)16-11-15(17-12-18-16)19-13-7-3-4-8-13/h11-14H,2-10H2,1H3,(H,17,18,19). The van der Waals surface area contributed by atoms with Crippen LogP contribution in [0.15, 0.2) is 12.4 Å². The fourth-order valence-electron chi connectivity index (χ4n) is 3.59. The minimum absolute atomic E-state index is 0.612. The van der Waals surface area contributed by atoms with Crippen LogP contribution in [-0.2, 0) is 0 Å². The molecule has 2 aliphatic rings. The van der Waals surface area contributed by atoms with Crippen LogP contribution in [0, 0.1) is 0 Å². The lowest BCUT2D eigenvalue weighted by molar-refractivity contribution is 0.446. The van der Waals surface area contributed by atoms with Crippen LogP contribution in [0.2, 0.25) is 0 Å². The number of hydrogen-bond acceptors (Lipinski definition) is 4. The van der Waals surface area contributed by atoms with Crippen LogP contribution >= 0.6 is 0 Å². The molecule has 0 bridgehead atoms. The van der Waals surface area contributed by atoms with Gasteiger partial charge in [-0.25, -0.2) is 9.97 Å². The van der Waals surface area contributed by atoms with Crippen molar-refractivity contribution in [3.63, 3.8) is 0 Å². The molecule has 0 radical (unpaired) electrons. The van der Waals surface area contributed by atoms with E-state index in [1.165, 1.54) is 51.4 Å². The zero-order valence-corrected chi connectivity index (χ0v) is 12.5. The van der Waals surface area contributed by atoms with Gasteiger partial charge in [-0.15, -0.1) is 0 Å². The van der Waals surface area contributed by atoms with Gasteiger partial charge in [0.25, 0.3) is 0 Å². The quantitative estimate of drug-likeness (QED) is 0.911. The van der Waals surface area contributed by atoms with Crippen molar-refractivity contribution in [2.45, 2.75) is 70.4 Å². The molecule has 20 heavy (non-hydrogen) atoms. The van der Waals surface area contributed by atoms with E-state index in [4.69, 9.17) is 0 Å². The molecule has 1 aliphatic carbocycles. The van der Waals surface area contributed by atoms with Crippen LogP contribution < -0.4 is 10.2 Å². The van der Waals surface area contributed by atoms with Gasteiger partial charge in [0.1, 0.15) is 18.0 Å². The van der Waals surface area contributed by atoms with E-state index >= 15 is 0 Å². The maximum atomic E-state index is 4.51. The molecular formula is C16H26N4. The summed E-state index contributed by atoms with van der Waals surface area (Å²) in [7, 11) is 0.